The lowest BCUT2D eigenvalue weighted by molar-refractivity contribution is -0.134. The van der Waals surface area contributed by atoms with Crippen LogP contribution in [0, 0.1) is 0 Å². The summed E-state index contributed by atoms with van der Waals surface area (Å²) in [6, 6.07) is 10.4. The van der Waals surface area contributed by atoms with Crippen LogP contribution >= 0.6 is 0 Å². The number of hydrogen-bond acceptors (Lipinski definition) is 6. The molecule has 146 valence electrons. The summed E-state index contributed by atoms with van der Waals surface area (Å²) >= 11 is 0. The fraction of sp³-hybridized carbons (Fsp3) is 0.421. The van der Waals surface area contributed by atoms with E-state index in [1.54, 1.807) is 48.4 Å². The van der Waals surface area contributed by atoms with Gasteiger partial charge in [-0.2, -0.15) is 0 Å². The van der Waals surface area contributed by atoms with E-state index in [1.165, 1.54) is 6.26 Å². The molecule has 3 rings (SSSR count). The van der Waals surface area contributed by atoms with Gasteiger partial charge in [-0.05, 0) is 37.1 Å². The first kappa shape index (κ1) is 19.3. The monoisotopic (exact) mass is 393 g/mol. The number of piperidine rings is 1. The van der Waals surface area contributed by atoms with Crippen LogP contribution in [0.15, 0.2) is 47.1 Å². The molecule has 1 fully saturated rings. The van der Waals surface area contributed by atoms with Gasteiger partial charge in [0.2, 0.25) is 0 Å². The first-order chi connectivity index (χ1) is 13.0. The van der Waals surface area contributed by atoms with Crippen molar-refractivity contribution in [1.82, 2.24) is 4.90 Å². The molecule has 2 heterocycles. The van der Waals surface area contributed by atoms with Crippen LogP contribution in [0.1, 0.15) is 18.6 Å². The second-order valence-corrected chi connectivity index (χ2v) is 8.72. The molecule has 1 amide bonds. The molecule has 1 aliphatic heterocycles. The van der Waals surface area contributed by atoms with Crippen LogP contribution in [0.2, 0.25) is 0 Å². The number of furan rings is 1. The zero-order chi connectivity index (χ0) is 19.3. The third-order valence-corrected chi connectivity index (χ3v) is 6.80. The molecule has 1 saturated heterocycles. The van der Waals surface area contributed by atoms with E-state index in [9.17, 15) is 13.2 Å². The summed E-state index contributed by atoms with van der Waals surface area (Å²) in [5, 5.41) is -0.453. The standard InChI is InChI=1S/C19H23NO6S/c1-24-15-4-2-5-16(12-15)26-13-19(21)20-9-7-18(8-10-20)27(22,23)14-17-6-3-11-25-17/h2-6,11-12,18H,7-10,13-14H2,1H3. The minimum Gasteiger partial charge on any atom is -0.497 e. The Hall–Kier alpha value is -2.48. The largest absolute Gasteiger partial charge is 0.497 e. The van der Waals surface area contributed by atoms with E-state index in [2.05, 4.69) is 0 Å². The Morgan fingerprint density at radius 3 is 2.59 bits per heavy atom. The van der Waals surface area contributed by atoms with Gasteiger partial charge in [0, 0.05) is 19.2 Å². The number of hydrogen-bond donors (Lipinski definition) is 0. The number of carbonyl (C=O) groups excluding carboxylic acids is 1. The molecule has 0 unspecified atom stereocenters. The van der Waals surface area contributed by atoms with Gasteiger partial charge in [0.25, 0.3) is 5.91 Å². The molecule has 1 aliphatic rings. The number of methoxy groups -OCH3 is 1. The van der Waals surface area contributed by atoms with Crippen molar-refractivity contribution in [3.8, 4) is 11.5 Å². The van der Waals surface area contributed by atoms with Gasteiger partial charge in [-0.15, -0.1) is 0 Å². The minimum atomic E-state index is -3.30. The molecule has 0 spiro atoms. The van der Waals surface area contributed by atoms with Gasteiger partial charge in [0.05, 0.1) is 18.6 Å². The van der Waals surface area contributed by atoms with E-state index in [0.717, 1.165) is 0 Å². The smallest absolute Gasteiger partial charge is 0.260 e. The number of amides is 1. The van der Waals surface area contributed by atoms with E-state index in [1.807, 2.05) is 0 Å². The Morgan fingerprint density at radius 2 is 1.93 bits per heavy atom. The zero-order valence-corrected chi connectivity index (χ0v) is 16.0. The molecule has 0 radical (unpaired) electrons. The lowest BCUT2D eigenvalue weighted by Gasteiger charge is -2.31. The van der Waals surface area contributed by atoms with Crippen molar-refractivity contribution in [2.24, 2.45) is 0 Å². The van der Waals surface area contributed by atoms with Crippen molar-refractivity contribution in [2.75, 3.05) is 26.8 Å². The van der Waals surface area contributed by atoms with Crippen molar-refractivity contribution in [3.63, 3.8) is 0 Å². The molecule has 0 bridgehead atoms. The van der Waals surface area contributed by atoms with Crippen LogP contribution in [0.4, 0.5) is 0 Å². The highest BCUT2D eigenvalue weighted by Crippen LogP contribution is 2.23. The first-order valence-electron chi connectivity index (χ1n) is 8.76. The molecular formula is C19H23NO6S. The molecule has 1 aromatic heterocycles. The molecule has 27 heavy (non-hydrogen) atoms. The van der Waals surface area contributed by atoms with Gasteiger partial charge in [0.1, 0.15) is 23.0 Å². The Morgan fingerprint density at radius 1 is 1.19 bits per heavy atom. The number of rotatable bonds is 7. The molecule has 1 aromatic carbocycles. The molecule has 7 nitrogen and oxygen atoms in total. The number of carbonyl (C=O) groups is 1. The fourth-order valence-electron chi connectivity index (χ4n) is 3.10. The second kappa shape index (κ2) is 8.47. The van der Waals surface area contributed by atoms with E-state index >= 15 is 0 Å². The average molecular weight is 393 g/mol. The van der Waals surface area contributed by atoms with Crippen molar-refractivity contribution in [3.05, 3.63) is 48.4 Å². The number of likely N-dealkylation sites (tertiary alicyclic amines) is 1. The maximum Gasteiger partial charge on any atom is 0.260 e. The van der Waals surface area contributed by atoms with Crippen molar-refractivity contribution < 1.29 is 27.1 Å². The van der Waals surface area contributed by atoms with Crippen molar-refractivity contribution in [2.45, 2.75) is 23.8 Å². The maximum atomic E-state index is 12.5. The summed E-state index contributed by atoms with van der Waals surface area (Å²) in [6.45, 7) is 0.724. The van der Waals surface area contributed by atoms with Crippen LogP contribution in [0.3, 0.4) is 0 Å². The molecule has 0 atom stereocenters. The van der Waals surface area contributed by atoms with Gasteiger partial charge >= 0.3 is 0 Å². The highest BCUT2D eigenvalue weighted by Gasteiger charge is 2.32. The molecule has 0 saturated carbocycles. The lowest BCUT2D eigenvalue weighted by Crippen LogP contribution is -2.44. The first-order valence-corrected chi connectivity index (χ1v) is 10.5. The Balaban J connectivity index is 1.48. The van der Waals surface area contributed by atoms with Crippen LogP contribution < -0.4 is 9.47 Å². The van der Waals surface area contributed by atoms with Crippen LogP contribution in [-0.4, -0.2) is 51.3 Å². The summed E-state index contributed by atoms with van der Waals surface area (Å²) in [4.78, 5) is 14.0. The van der Waals surface area contributed by atoms with Crippen molar-refractivity contribution >= 4 is 15.7 Å². The summed E-state index contributed by atoms with van der Waals surface area (Å²) in [7, 11) is -1.73. The van der Waals surface area contributed by atoms with Crippen LogP contribution in [0.25, 0.3) is 0 Å². The van der Waals surface area contributed by atoms with Crippen LogP contribution in [0.5, 0.6) is 11.5 Å². The van der Waals surface area contributed by atoms with Gasteiger partial charge in [0.15, 0.2) is 16.4 Å². The summed E-state index contributed by atoms with van der Waals surface area (Å²) in [5.41, 5.74) is 0. The molecule has 0 N–H and O–H groups in total. The highest BCUT2D eigenvalue weighted by molar-refractivity contribution is 7.91. The Labute approximate surface area is 158 Å². The van der Waals surface area contributed by atoms with Gasteiger partial charge < -0.3 is 18.8 Å². The summed E-state index contributed by atoms with van der Waals surface area (Å²) in [5.74, 6) is 1.40. The number of sulfone groups is 1. The van der Waals surface area contributed by atoms with E-state index < -0.39 is 15.1 Å². The SMILES string of the molecule is COc1cccc(OCC(=O)N2CCC(S(=O)(=O)Cc3ccco3)CC2)c1. The van der Waals surface area contributed by atoms with E-state index in [0.29, 0.717) is 43.2 Å². The van der Waals surface area contributed by atoms with Crippen LogP contribution in [-0.2, 0) is 20.4 Å². The lowest BCUT2D eigenvalue weighted by atomic mass is 10.1. The Kier molecular flexibility index (Phi) is 6.05. The normalized spacial score (nSPS) is 15.5. The van der Waals surface area contributed by atoms with E-state index in [4.69, 9.17) is 13.9 Å². The third kappa shape index (κ3) is 5.03. The third-order valence-electron chi connectivity index (χ3n) is 4.63. The maximum absolute atomic E-state index is 12.5. The Bertz CT molecular complexity index is 854. The van der Waals surface area contributed by atoms with E-state index in [-0.39, 0.29) is 18.3 Å². The zero-order valence-electron chi connectivity index (χ0n) is 15.2. The average Bonchev–Trinajstić information content (AvgIpc) is 3.18. The summed E-state index contributed by atoms with van der Waals surface area (Å²) < 4.78 is 40.8. The van der Waals surface area contributed by atoms with Gasteiger partial charge in [-0.3, -0.25) is 4.79 Å². The number of ether oxygens (including phenoxy) is 2. The predicted molar refractivity (Wildman–Crippen MR) is 99.4 cm³/mol. The molecule has 8 heteroatoms. The molecular weight excluding hydrogens is 370 g/mol. The molecule has 2 aromatic rings. The fourth-order valence-corrected chi connectivity index (χ4v) is 4.83. The highest BCUT2D eigenvalue weighted by atomic mass is 32.2. The second-order valence-electron chi connectivity index (χ2n) is 6.43. The minimum absolute atomic E-state index is 0.0863. The van der Waals surface area contributed by atoms with Gasteiger partial charge in [-0.25, -0.2) is 8.42 Å². The van der Waals surface area contributed by atoms with Crippen molar-refractivity contribution in [1.29, 1.82) is 0 Å². The number of benzene rings is 1. The topological polar surface area (TPSA) is 86.0 Å². The quantitative estimate of drug-likeness (QED) is 0.717. The molecule has 0 aliphatic carbocycles. The number of nitrogens with zero attached hydrogens (tertiary/aromatic N) is 1. The predicted octanol–water partition coefficient (Wildman–Crippen LogP) is 2.27. The van der Waals surface area contributed by atoms with Gasteiger partial charge in [-0.1, -0.05) is 6.07 Å². The summed E-state index contributed by atoms with van der Waals surface area (Å²) in [6.07, 6.45) is 2.32.